The van der Waals surface area contributed by atoms with Crippen molar-refractivity contribution in [1.82, 2.24) is 9.80 Å². The number of unbranched alkanes of at least 4 members (excludes halogenated alkanes) is 1. The van der Waals surface area contributed by atoms with E-state index in [2.05, 4.69) is 6.92 Å². The van der Waals surface area contributed by atoms with Crippen molar-refractivity contribution in [3.63, 3.8) is 0 Å². The standard InChI is InChI=1S/C15H26N2O3/c1-4-5-6-16-10-13(7-14(16)18)15(19)17-8-11(2)20-12(3)9-17/h11-13H,4-10H2,1-3H3/t11-,12+,13-/m1/s1. The van der Waals surface area contributed by atoms with Crippen LogP contribution in [-0.4, -0.2) is 60.0 Å². The third-order valence-corrected chi connectivity index (χ3v) is 4.08. The highest BCUT2D eigenvalue weighted by atomic mass is 16.5. The Balaban J connectivity index is 1.91. The van der Waals surface area contributed by atoms with Crippen molar-refractivity contribution < 1.29 is 14.3 Å². The van der Waals surface area contributed by atoms with Crippen LogP contribution in [0.2, 0.25) is 0 Å². The molecule has 0 aromatic carbocycles. The molecule has 2 aliphatic heterocycles. The highest BCUT2D eigenvalue weighted by molar-refractivity contribution is 5.89. The van der Waals surface area contributed by atoms with Crippen molar-refractivity contribution in [3.05, 3.63) is 0 Å². The quantitative estimate of drug-likeness (QED) is 0.780. The molecule has 0 unspecified atom stereocenters. The van der Waals surface area contributed by atoms with Crippen LogP contribution in [0.4, 0.5) is 0 Å². The number of hydrogen-bond acceptors (Lipinski definition) is 3. The van der Waals surface area contributed by atoms with Crippen LogP contribution in [0.3, 0.4) is 0 Å². The number of carbonyl (C=O) groups excluding carboxylic acids is 2. The fourth-order valence-electron chi connectivity index (χ4n) is 3.12. The summed E-state index contributed by atoms with van der Waals surface area (Å²) in [4.78, 5) is 28.2. The van der Waals surface area contributed by atoms with Crippen LogP contribution in [0.25, 0.3) is 0 Å². The molecule has 0 spiro atoms. The van der Waals surface area contributed by atoms with E-state index in [0.29, 0.717) is 26.1 Å². The number of hydrogen-bond donors (Lipinski definition) is 0. The van der Waals surface area contributed by atoms with Crippen LogP contribution in [0, 0.1) is 5.92 Å². The van der Waals surface area contributed by atoms with E-state index in [9.17, 15) is 9.59 Å². The van der Waals surface area contributed by atoms with Gasteiger partial charge < -0.3 is 14.5 Å². The monoisotopic (exact) mass is 282 g/mol. The predicted molar refractivity (Wildman–Crippen MR) is 76.2 cm³/mol. The normalized spacial score (nSPS) is 30.9. The molecule has 5 heteroatoms. The zero-order valence-electron chi connectivity index (χ0n) is 12.8. The average Bonchev–Trinajstić information content (AvgIpc) is 2.75. The van der Waals surface area contributed by atoms with Crippen molar-refractivity contribution in [1.29, 1.82) is 0 Å². The van der Waals surface area contributed by atoms with Gasteiger partial charge in [0.1, 0.15) is 0 Å². The highest BCUT2D eigenvalue weighted by Crippen LogP contribution is 2.22. The van der Waals surface area contributed by atoms with Gasteiger partial charge in [0.2, 0.25) is 11.8 Å². The number of carbonyl (C=O) groups is 2. The number of morpholine rings is 1. The van der Waals surface area contributed by atoms with E-state index >= 15 is 0 Å². The minimum absolute atomic E-state index is 0.0796. The first-order chi connectivity index (χ1) is 9.51. The smallest absolute Gasteiger partial charge is 0.228 e. The third kappa shape index (κ3) is 3.51. The van der Waals surface area contributed by atoms with E-state index in [1.807, 2.05) is 23.6 Å². The topological polar surface area (TPSA) is 49.9 Å². The molecule has 114 valence electrons. The van der Waals surface area contributed by atoms with Crippen LogP contribution >= 0.6 is 0 Å². The van der Waals surface area contributed by atoms with E-state index in [4.69, 9.17) is 4.74 Å². The Bertz CT molecular complexity index is 362. The Morgan fingerprint density at radius 1 is 1.25 bits per heavy atom. The maximum Gasteiger partial charge on any atom is 0.228 e. The Hall–Kier alpha value is -1.10. The van der Waals surface area contributed by atoms with Gasteiger partial charge in [0.25, 0.3) is 0 Å². The fourth-order valence-corrected chi connectivity index (χ4v) is 3.12. The summed E-state index contributed by atoms with van der Waals surface area (Å²) in [5.74, 6) is 0.0994. The SMILES string of the molecule is CCCCN1C[C@H](C(=O)N2C[C@@H](C)O[C@@H](C)C2)CC1=O. The highest BCUT2D eigenvalue weighted by Gasteiger charge is 2.37. The first-order valence-electron chi connectivity index (χ1n) is 7.73. The third-order valence-electron chi connectivity index (χ3n) is 4.08. The molecule has 2 aliphatic rings. The van der Waals surface area contributed by atoms with Crippen molar-refractivity contribution >= 4 is 11.8 Å². The summed E-state index contributed by atoms with van der Waals surface area (Å²) in [7, 11) is 0. The summed E-state index contributed by atoms with van der Waals surface area (Å²) in [5.41, 5.74) is 0. The zero-order valence-corrected chi connectivity index (χ0v) is 12.8. The van der Waals surface area contributed by atoms with Gasteiger partial charge in [-0.05, 0) is 20.3 Å². The van der Waals surface area contributed by atoms with Gasteiger partial charge in [0.05, 0.1) is 18.1 Å². The molecule has 2 fully saturated rings. The summed E-state index contributed by atoms with van der Waals surface area (Å²) in [6, 6.07) is 0. The molecule has 20 heavy (non-hydrogen) atoms. The molecule has 2 saturated heterocycles. The zero-order chi connectivity index (χ0) is 14.7. The van der Waals surface area contributed by atoms with E-state index in [0.717, 1.165) is 19.4 Å². The van der Waals surface area contributed by atoms with Gasteiger partial charge in [-0.25, -0.2) is 0 Å². The number of nitrogens with zero attached hydrogens (tertiary/aromatic N) is 2. The van der Waals surface area contributed by atoms with Crippen molar-refractivity contribution in [2.24, 2.45) is 5.92 Å². The second-order valence-corrected chi connectivity index (χ2v) is 6.09. The van der Waals surface area contributed by atoms with Gasteiger partial charge in [-0.1, -0.05) is 13.3 Å². The molecule has 0 aliphatic carbocycles. The van der Waals surface area contributed by atoms with Crippen LogP contribution in [-0.2, 0) is 14.3 Å². The molecule has 0 radical (unpaired) electrons. The lowest BCUT2D eigenvalue weighted by Crippen LogP contribution is -2.50. The lowest BCUT2D eigenvalue weighted by atomic mass is 10.1. The summed E-state index contributed by atoms with van der Waals surface area (Å²) in [5, 5.41) is 0. The summed E-state index contributed by atoms with van der Waals surface area (Å²) in [6.45, 7) is 8.75. The Labute approximate surface area is 121 Å². The van der Waals surface area contributed by atoms with Crippen LogP contribution < -0.4 is 0 Å². The molecular formula is C15H26N2O3. The number of likely N-dealkylation sites (tertiary alicyclic amines) is 1. The Kier molecular flexibility index (Phi) is 5.02. The minimum atomic E-state index is -0.156. The molecule has 2 amide bonds. The van der Waals surface area contributed by atoms with E-state index < -0.39 is 0 Å². The lowest BCUT2D eigenvalue weighted by molar-refractivity contribution is -0.147. The van der Waals surface area contributed by atoms with Gasteiger partial charge in [-0.3, -0.25) is 9.59 Å². The average molecular weight is 282 g/mol. The van der Waals surface area contributed by atoms with Crippen LogP contribution in [0.15, 0.2) is 0 Å². The Morgan fingerprint density at radius 2 is 1.90 bits per heavy atom. The lowest BCUT2D eigenvalue weighted by Gasteiger charge is -2.36. The first-order valence-corrected chi connectivity index (χ1v) is 7.73. The van der Waals surface area contributed by atoms with E-state index in [1.165, 1.54) is 0 Å². The molecule has 2 rings (SSSR count). The van der Waals surface area contributed by atoms with E-state index in [1.54, 1.807) is 0 Å². The molecule has 2 heterocycles. The summed E-state index contributed by atoms with van der Waals surface area (Å²) in [6.07, 6.45) is 2.62. The fraction of sp³-hybridized carbons (Fsp3) is 0.867. The number of ether oxygens (including phenoxy) is 1. The van der Waals surface area contributed by atoms with Crippen molar-refractivity contribution in [2.75, 3.05) is 26.2 Å². The molecule has 3 atom stereocenters. The Morgan fingerprint density at radius 3 is 2.50 bits per heavy atom. The number of amides is 2. The van der Waals surface area contributed by atoms with E-state index in [-0.39, 0.29) is 29.9 Å². The van der Waals surface area contributed by atoms with Gasteiger partial charge in [0.15, 0.2) is 0 Å². The van der Waals surface area contributed by atoms with Gasteiger partial charge >= 0.3 is 0 Å². The molecular weight excluding hydrogens is 256 g/mol. The molecule has 0 saturated carbocycles. The van der Waals surface area contributed by atoms with Gasteiger partial charge in [-0.15, -0.1) is 0 Å². The van der Waals surface area contributed by atoms with Crippen molar-refractivity contribution in [3.8, 4) is 0 Å². The van der Waals surface area contributed by atoms with Gasteiger partial charge in [-0.2, -0.15) is 0 Å². The predicted octanol–water partition coefficient (Wildman–Crippen LogP) is 1.27. The largest absolute Gasteiger partial charge is 0.372 e. The summed E-state index contributed by atoms with van der Waals surface area (Å²) >= 11 is 0. The number of rotatable bonds is 4. The molecule has 0 aromatic rings. The van der Waals surface area contributed by atoms with Gasteiger partial charge in [0, 0.05) is 32.6 Å². The maximum absolute atomic E-state index is 12.5. The second kappa shape index (κ2) is 6.57. The summed E-state index contributed by atoms with van der Waals surface area (Å²) < 4.78 is 5.65. The molecule has 0 N–H and O–H groups in total. The molecule has 0 bridgehead atoms. The minimum Gasteiger partial charge on any atom is -0.372 e. The molecule has 5 nitrogen and oxygen atoms in total. The maximum atomic E-state index is 12.5. The van der Waals surface area contributed by atoms with Crippen LogP contribution in [0.5, 0.6) is 0 Å². The van der Waals surface area contributed by atoms with Crippen LogP contribution in [0.1, 0.15) is 40.0 Å². The van der Waals surface area contributed by atoms with Crippen molar-refractivity contribution in [2.45, 2.75) is 52.2 Å². The first kappa shape index (κ1) is 15.3. The second-order valence-electron chi connectivity index (χ2n) is 6.09. The molecule has 0 aromatic heterocycles.